The van der Waals surface area contributed by atoms with Gasteiger partial charge in [-0.05, 0) is 75.9 Å². The van der Waals surface area contributed by atoms with E-state index >= 15 is 0 Å². The topological polar surface area (TPSA) is 154 Å². The zero-order chi connectivity index (χ0) is 25.8. The van der Waals surface area contributed by atoms with E-state index in [1.54, 1.807) is 0 Å². The van der Waals surface area contributed by atoms with Gasteiger partial charge in [0.25, 0.3) is 10.1 Å². The summed E-state index contributed by atoms with van der Waals surface area (Å²) in [7, 11) is -4.78. The van der Waals surface area contributed by atoms with Gasteiger partial charge in [0.05, 0.1) is 28.7 Å². The molecule has 0 aliphatic carbocycles. The Bertz CT molecular complexity index is 1250. The van der Waals surface area contributed by atoms with Crippen molar-refractivity contribution in [1.82, 2.24) is 0 Å². The molecule has 34 heavy (non-hydrogen) atoms. The Morgan fingerprint density at radius 2 is 1.38 bits per heavy atom. The van der Waals surface area contributed by atoms with Gasteiger partial charge in [0, 0.05) is 17.9 Å². The van der Waals surface area contributed by atoms with E-state index in [0.717, 1.165) is 12.1 Å². The fourth-order valence-electron chi connectivity index (χ4n) is 2.33. The third-order valence-corrected chi connectivity index (χ3v) is 9.79. The molecule has 0 aliphatic rings. The second kappa shape index (κ2) is 12.3. The van der Waals surface area contributed by atoms with Crippen molar-refractivity contribution in [2.45, 2.75) is 10.3 Å². The Balaban J connectivity index is 2.39. The summed E-state index contributed by atoms with van der Waals surface area (Å²) in [6, 6.07) is 4.50. The highest BCUT2D eigenvalue weighted by atomic mass is 79.9. The van der Waals surface area contributed by atoms with Gasteiger partial charge < -0.3 is 9.84 Å². The van der Waals surface area contributed by atoms with E-state index in [1.165, 1.54) is 12.1 Å². The number of rotatable bonds is 7. The molecule has 2 aromatic rings. The van der Waals surface area contributed by atoms with Crippen LogP contribution in [0.15, 0.2) is 47.1 Å². The zero-order valence-corrected chi connectivity index (χ0v) is 24.2. The van der Waals surface area contributed by atoms with E-state index in [9.17, 15) is 27.4 Å². The quantitative estimate of drug-likeness (QED) is 0.0773. The number of hydrogen-bond acceptors (Lipinski definition) is 9. The van der Waals surface area contributed by atoms with Crippen LogP contribution in [0.1, 0.15) is 31.1 Å². The number of carbonyl (C=O) groups is 3. The van der Waals surface area contributed by atoms with Crippen molar-refractivity contribution in [2.75, 3.05) is 13.2 Å². The minimum absolute atomic E-state index is 0.0125. The Hall–Kier alpha value is -1.07. The molecule has 0 heterocycles. The first-order chi connectivity index (χ1) is 15.8. The second-order valence-electron chi connectivity index (χ2n) is 6.10. The number of aliphatic hydroxyl groups is 1. The summed E-state index contributed by atoms with van der Waals surface area (Å²) in [5, 5.41) is 8.10. The molecule has 0 aliphatic heterocycles. The molecule has 0 aromatic heterocycles. The first-order valence-corrected chi connectivity index (χ1v) is 13.6. The molecular weight excluding hydrogens is 763 g/mol. The fourth-order valence-corrected chi connectivity index (χ4v) is 5.51. The molecule has 0 bridgehead atoms. The SMILES string of the molecule is O=C(OOC(=O)c1c(Br)c(Br)c(Br)c(Br)c1C(=O)OCC(Cl)CO)c1ccccc1S(=O)(=O)O. The lowest BCUT2D eigenvalue weighted by molar-refractivity contribution is -0.187. The van der Waals surface area contributed by atoms with Gasteiger partial charge in [-0.3, -0.25) is 4.55 Å². The predicted octanol–water partition coefficient (Wildman–Crippen LogP) is 4.67. The molecule has 16 heteroatoms. The van der Waals surface area contributed by atoms with Gasteiger partial charge in [0.2, 0.25) is 0 Å². The van der Waals surface area contributed by atoms with Crippen molar-refractivity contribution in [3.8, 4) is 0 Å². The molecule has 2 aromatic carbocycles. The summed E-state index contributed by atoms with van der Waals surface area (Å²) in [5.74, 6) is -3.78. The number of benzene rings is 2. The van der Waals surface area contributed by atoms with Gasteiger partial charge in [-0.2, -0.15) is 8.42 Å². The van der Waals surface area contributed by atoms with E-state index in [2.05, 4.69) is 73.5 Å². The average molecular weight is 774 g/mol. The minimum atomic E-state index is -4.78. The lowest BCUT2D eigenvalue weighted by Crippen LogP contribution is -2.21. The van der Waals surface area contributed by atoms with Crippen LogP contribution >= 0.6 is 75.3 Å². The number of esters is 1. The summed E-state index contributed by atoms with van der Waals surface area (Å²) in [6.07, 6.45) is 0. The molecule has 2 N–H and O–H groups in total. The summed E-state index contributed by atoms with van der Waals surface area (Å²) in [5.41, 5.74) is -1.38. The maximum Gasteiger partial charge on any atom is 0.388 e. The molecule has 0 radical (unpaired) electrons. The third-order valence-electron chi connectivity index (χ3n) is 3.85. The second-order valence-corrected chi connectivity index (χ2v) is 11.3. The van der Waals surface area contributed by atoms with Gasteiger partial charge in [-0.1, -0.05) is 12.1 Å². The van der Waals surface area contributed by atoms with Crippen LogP contribution < -0.4 is 0 Å². The van der Waals surface area contributed by atoms with Gasteiger partial charge in [0.1, 0.15) is 11.5 Å². The lowest BCUT2D eigenvalue weighted by Gasteiger charge is -2.16. The molecule has 0 fully saturated rings. The smallest absolute Gasteiger partial charge is 0.388 e. The first-order valence-electron chi connectivity index (χ1n) is 8.58. The number of aliphatic hydroxyl groups excluding tert-OH is 1. The largest absolute Gasteiger partial charge is 0.460 e. The van der Waals surface area contributed by atoms with Gasteiger partial charge in [0.15, 0.2) is 0 Å². The van der Waals surface area contributed by atoms with E-state index < -0.39 is 56.0 Å². The van der Waals surface area contributed by atoms with Crippen LogP contribution in [-0.2, 0) is 24.6 Å². The molecule has 0 saturated carbocycles. The van der Waals surface area contributed by atoms with E-state index in [1.807, 2.05) is 0 Å². The number of hydrogen-bond donors (Lipinski definition) is 2. The van der Waals surface area contributed by atoms with Crippen molar-refractivity contribution in [2.24, 2.45) is 0 Å². The van der Waals surface area contributed by atoms with Crippen LogP contribution in [-0.4, -0.2) is 54.6 Å². The van der Waals surface area contributed by atoms with E-state index in [-0.39, 0.29) is 25.6 Å². The first kappa shape index (κ1) is 29.2. The Kier molecular flexibility index (Phi) is 10.5. The average Bonchev–Trinajstić information content (AvgIpc) is 2.80. The Labute approximate surface area is 231 Å². The van der Waals surface area contributed by atoms with Crippen LogP contribution in [0.5, 0.6) is 0 Å². The number of ether oxygens (including phenoxy) is 1. The normalized spacial score (nSPS) is 12.1. The lowest BCUT2D eigenvalue weighted by atomic mass is 10.1. The molecular formula is C18H11Br4ClO10S. The molecule has 0 spiro atoms. The molecule has 2 rings (SSSR count). The molecule has 10 nitrogen and oxygen atoms in total. The number of alkyl halides is 1. The monoisotopic (exact) mass is 770 g/mol. The van der Waals surface area contributed by atoms with E-state index in [0.29, 0.717) is 4.47 Å². The Morgan fingerprint density at radius 3 is 1.91 bits per heavy atom. The highest BCUT2D eigenvalue weighted by Crippen LogP contribution is 2.42. The highest BCUT2D eigenvalue weighted by molar-refractivity contribution is 9.15. The standard InChI is InChI=1S/C18H11Br4ClO10S/c19-12-10(17(26)31-6-7(23)5-24)11(13(20)15(22)14(12)21)18(27)33-32-16(25)8-3-1-2-4-9(8)34(28,29)30/h1-4,7,24H,5-6H2,(H,28,29,30). The van der Waals surface area contributed by atoms with Crippen molar-refractivity contribution in [1.29, 1.82) is 0 Å². The molecule has 0 saturated heterocycles. The van der Waals surface area contributed by atoms with Crippen molar-refractivity contribution in [3.05, 3.63) is 58.8 Å². The summed E-state index contributed by atoms with van der Waals surface area (Å²) in [6.45, 7) is -0.857. The molecule has 0 amide bonds. The van der Waals surface area contributed by atoms with Gasteiger partial charge in [-0.15, -0.1) is 11.6 Å². The maximum absolute atomic E-state index is 12.8. The van der Waals surface area contributed by atoms with Crippen LogP contribution in [0.2, 0.25) is 0 Å². The Morgan fingerprint density at radius 1 is 0.882 bits per heavy atom. The molecule has 184 valence electrons. The van der Waals surface area contributed by atoms with Crippen LogP contribution in [0.3, 0.4) is 0 Å². The minimum Gasteiger partial charge on any atom is -0.460 e. The van der Waals surface area contributed by atoms with E-state index in [4.69, 9.17) is 21.4 Å². The molecule has 1 atom stereocenters. The summed E-state index contributed by atoms with van der Waals surface area (Å²) in [4.78, 5) is 46.0. The third kappa shape index (κ3) is 6.78. The highest BCUT2D eigenvalue weighted by Gasteiger charge is 2.32. The van der Waals surface area contributed by atoms with Crippen LogP contribution in [0.4, 0.5) is 0 Å². The van der Waals surface area contributed by atoms with Crippen molar-refractivity contribution >= 4 is 103 Å². The maximum atomic E-state index is 12.8. The van der Waals surface area contributed by atoms with Crippen molar-refractivity contribution < 1.29 is 47.0 Å². The van der Waals surface area contributed by atoms with Gasteiger partial charge in [-0.25, -0.2) is 24.2 Å². The predicted molar refractivity (Wildman–Crippen MR) is 131 cm³/mol. The summed E-state index contributed by atoms with van der Waals surface area (Å²) >= 11 is 18.5. The van der Waals surface area contributed by atoms with Crippen LogP contribution in [0.25, 0.3) is 0 Å². The van der Waals surface area contributed by atoms with Crippen molar-refractivity contribution in [3.63, 3.8) is 0 Å². The number of carbonyl (C=O) groups excluding carboxylic acids is 3. The molecule has 1 unspecified atom stereocenters. The zero-order valence-electron chi connectivity index (χ0n) is 16.3. The van der Waals surface area contributed by atoms with Crippen LogP contribution in [0, 0.1) is 0 Å². The summed E-state index contributed by atoms with van der Waals surface area (Å²) < 4.78 is 37.9. The van der Waals surface area contributed by atoms with Gasteiger partial charge >= 0.3 is 17.9 Å². The fraction of sp³-hybridized carbons (Fsp3) is 0.167. The number of halogens is 5.